The number of anilines is 1. The number of benzene rings is 2. The summed E-state index contributed by atoms with van der Waals surface area (Å²) in [5.41, 5.74) is 1.70. The summed E-state index contributed by atoms with van der Waals surface area (Å²) in [6.45, 7) is 1.77. The fraction of sp³-hybridized carbons (Fsp3) is 0.158. The molecule has 0 saturated carbocycles. The first-order valence-corrected chi connectivity index (χ1v) is 7.66. The molecule has 2 aromatic carbocycles. The van der Waals surface area contributed by atoms with Crippen molar-refractivity contribution >= 4 is 22.6 Å². The fourth-order valence-corrected chi connectivity index (χ4v) is 2.33. The van der Waals surface area contributed by atoms with Crippen molar-refractivity contribution in [3.8, 4) is 11.5 Å². The molecule has 0 saturated heterocycles. The van der Waals surface area contributed by atoms with Crippen molar-refractivity contribution in [3.05, 3.63) is 64.5 Å². The van der Waals surface area contributed by atoms with Gasteiger partial charge in [-0.3, -0.25) is 4.79 Å². The van der Waals surface area contributed by atoms with Gasteiger partial charge in [0, 0.05) is 23.2 Å². The topological polar surface area (TPSA) is 77.8 Å². The predicted molar refractivity (Wildman–Crippen MR) is 94.3 cm³/mol. The van der Waals surface area contributed by atoms with E-state index in [0.717, 1.165) is 5.56 Å². The number of methoxy groups -OCH3 is 1. The van der Waals surface area contributed by atoms with E-state index in [1.807, 2.05) is 31.2 Å². The van der Waals surface area contributed by atoms with Gasteiger partial charge in [-0.1, -0.05) is 17.7 Å². The third-order valence-electron chi connectivity index (χ3n) is 3.60. The van der Waals surface area contributed by atoms with Gasteiger partial charge in [-0.25, -0.2) is 4.79 Å². The lowest BCUT2D eigenvalue weighted by atomic mass is 10.2. The third-order valence-corrected chi connectivity index (χ3v) is 3.60. The second kappa shape index (κ2) is 7.09. The maximum absolute atomic E-state index is 12.0. The van der Waals surface area contributed by atoms with Gasteiger partial charge in [0.1, 0.15) is 5.58 Å². The Kier molecular flexibility index (Phi) is 4.70. The molecule has 6 nitrogen and oxygen atoms in total. The highest BCUT2D eigenvalue weighted by Crippen LogP contribution is 2.31. The Morgan fingerprint density at radius 3 is 2.56 bits per heavy atom. The Labute approximate surface area is 144 Å². The van der Waals surface area contributed by atoms with Gasteiger partial charge >= 0.3 is 5.63 Å². The number of nitrogens with one attached hydrogen (secondary N) is 1. The molecule has 1 amide bonds. The van der Waals surface area contributed by atoms with Gasteiger partial charge < -0.3 is 19.2 Å². The van der Waals surface area contributed by atoms with E-state index >= 15 is 0 Å². The van der Waals surface area contributed by atoms with E-state index in [1.165, 1.54) is 19.2 Å². The molecule has 0 radical (unpaired) electrons. The van der Waals surface area contributed by atoms with Crippen LogP contribution in [0.25, 0.3) is 11.0 Å². The molecule has 0 aliphatic carbocycles. The minimum absolute atomic E-state index is 0.202. The second-order valence-electron chi connectivity index (χ2n) is 5.50. The lowest BCUT2D eigenvalue weighted by Gasteiger charge is -2.11. The maximum Gasteiger partial charge on any atom is 0.336 e. The number of carbonyl (C=O) groups is 1. The smallest absolute Gasteiger partial charge is 0.336 e. The number of ether oxygens (including phenoxy) is 2. The van der Waals surface area contributed by atoms with E-state index in [4.69, 9.17) is 13.9 Å². The predicted octanol–water partition coefficient (Wildman–Crippen LogP) is 3.13. The first kappa shape index (κ1) is 16.6. The number of fused-ring (bicyclic) bond motifs is 1. The second-order valence-corrected chi connectivity index (χ2v) is 5.50. The fourth-order valence-electron chi connectivity index (χ4n) is 2.33. The summed E-state index contributed by atoms with van der Waals surface area (Å²) in [6.07, 6.45) is 0. The molecule has 128 valence electrons. The van der Waals surface area contributed by atoms with E-state index in [0.29, 0.717) is 28.2 Å². The van der Waals surface area contributed by atoms with Crippen LogP contribution in [0, 0.1) is 6.92 Å². The maximum atomic E-state index is 12.0. The quantitative estimate of drug-likeness (QED) is 0.723. The van der Waals surface area contributed by atoms with Gasteiger partial charge in [0.15, 0.2) is 18.1 Å². The minimum Gasteiger partial charge on any atom is -0.493 e. The highest BCUT2D eigenvalue weighted by atomic mass is 16.5. The molecule has 0 fully saturated rings. The van der Waals surface area contributed by atoms with Crippen molar-refractivity contribution in [2.75, 3.05) is 19.0 Å². The summed E-state index contributed by atoms with van der Waals surface area (Å²) in [5, 5.41) is 3.45. The van der Waals surface area contributed by atoms with Crippen LogP contribution in [0.3, 0.4) is 0 Å². The summed E-state index contributed by atoms with van der Waals surface area (Å²) in [4.78, 5) is 23.4. The van der Waals surface area contributed by atoms with E-state index in [-0.39, 0.29) is 12.5 Å². The number of carbonyl (C=O) groups excluding carboxylic acids is 1. The Bertz CT molecular complexity index is 960. The largest absolute Gasteiger partial charge is 0.493 e. The molecular formula is C19H17NO5. The van der Waals surface area contributed by atoms with Gasteiger partial charge in [0.25, 0.3) is 5.91 Å². The van der Waals surface area contributed by atoms with Crippen LogP contribution in [-0.4, -0.2) is 19.6 Å². The molecule has 0 aliphatic rings. The molecule has 1 N–H and O–H groups in total. The number of hydrogen-bond donors (Lipinski definition) is 1. The average molecular weight is 339 g/mol. The lowest BCUT2D eigenvalue weighted by molar-refractivity contribution is -0.118. The standard InChI is InChI=1S/C19H17NO5/c1-12-3-6-14(7-4-12)20-18(21)11-24-17-10-15-13(9-16(17)23-2)5-8-19(22)25-15/h3-10H,11H2,1-2H3,(H,20,21). The van der Waals surface area contributed by atoms with Crippen molar-refractivity contribution in [1.29, 1.82) is 0 Å². The van der Waals surface area contributed by atoms with Crippen molar-refractivity contribution < 1.29 is 18.7 Å². The first-order chi connectivity index (χ1) is 12.0. The van der Waals surface area contributed by atoms with Crippen molar-refractivity contribution in [2.45, 2.75) is 6.92 Å². The SMILES string of the molecule is COc1cc2ccc(=O)oc2cc1OCC(=O)Nc1ccc(C)cc1. The van der Waals surface area contributed by atoms with E-state index in [1.54, 1.807) is 12.1 Å². The zero-order valence-corrected chi connectivity index (χ0v) is 13.9. The van der Waals surface area contributed by atoms with Gasteiger partial charge in [0.2, 0.25) is 0 Å². The zero-order valence-electron chi connectivity index (χ0n) is 13.9. The van der Waals surface area contributed by atoms with Crippen LogP contribution in [-0.2, 0) is 4.79 Å². The zero-order chi connectivity index (χ0) is 17.8. The molecule has 25 heavy (non-hydrogen) atoms. The molecule has 1 heterocycles. The van der Waals surface area contributed by atoms with Gasteiger partial charge in [0.05, 0.1) is 7.11 Å². The third kappa shape index (κ3) is 3.98. The Hall–Kier alpha value is -3.28. The molecule has 0 atom stereocenters. The monoisotopic (exact) mass is 339 g/mol. The van der Waals surface area contributed by atoms with Crippen LogP contribution in [0.1, 0.15) is 5.56 Å². The minimum atomic E-state index is -0.458. The Morgan fingerprint density at radius 1 is 1.08 bits per heavy atom. The van der Waals surface area contributed by atoms with Gasteiger partial charge in [-0.15, -0.1) is 0 Å². The highest BCUT2D eigenvalue weighted by Gasteiger charge is 2.11. The number of rotatable bonds is 5. The summed E-state index contributed by atoms with van der Waals surface area (Å²) in [6, 6.07) is 13.6. The average Bonchev–Trinajstić information content (AvgIpc) is 2.61. The Morgan fingerprint density at radius 2 is 1.84 bits per heavy atom. The normalized spacial score (nSPS) is 10.5. The van der Waals surface area contributed by atoms with Crippen LogP contribution in [0.4, 0.5) is 5.69 Å². The number of amides is 1. The highest BCUT2D eigenvalue weighted by molar-refractivity contribution is 5.92. The van der Waals surface area contributed by atoms with Crippen molar-refractivity contribution in [2.24, 2.45) is 0 Å². The molecular weight excluding hydrogens is 322 g/mol. The molecule has 0 aliphatic heterocycles. The first-order valence-electron chi connectivity index (χ1n) is 7.66. The summed E-state index contributed by atoms with van der Waals surface area (Å²) >= 11 is 0. The van der Waals surface area contributed by atoms with Crippen LogP contribution < -0.4 is 20.4 Å². The van der Waals surface area contributed by atoms with Crippen LogP contribution in [0.5, 0.6) is 11.5 Å². The summed E-state index contributed by atoms with van der Waals surface area (Å²) in [7, 11) is 1.50. The number of aryl methyl sites for hydroxylation is 1. The van der Waals surface area contributed by atoms with Crippen LogP contribution >= 0.6 is 0 Å². The molecule has 0 spiro atoms. The van der Waals surface area contributed by atoms with E-state index in [2.05, 4.69) is 5.32 Å². The van der Waals surface area contributed by atoms with Gasteiger partial charge in [-0.2, -0.15) is 0 Å². The molecule has 6 heteroatoms. The lowest BCUT2D eigenvalue weighted by Crippen LogP contribution is -2.20. The van der Waals surface area contributed by atoms with Gasteiger partial charge in [-0.05, 0) is 31.2 Å². The molecule has 0 bridgehead atoms. The molecule has 0 unspecified atom stereocenters. The molecule has 3 rings (SSSR count). The van der Waals surface area contributed by atoms with Crippen molar-refractivity contribution in [3.63, 3.8) is 0 Å². The summed E-state index contributed by atoms with van der Waals surface area (Å²) in [5.74, 6) is 0.466. The molecule has 1 aromatic heterocycles. The van der Waals surface area contributed by atoms with Crippen LogP contribution in [0.2, 0.25) is 0 Å². The van der Waals surface area contributed by atoms with E-state index < -0.39 is 5.63 Å². The summed E-state index contributed by atoms with van der Waals surface area (Å²) < 4.78 is 15.9. The van der Waals surface area contributed by atoms with E-state index in [9.17, 15) is 9.59 Å². The molecule has 3 aromatic rings. The number of hydrogen-bond acceptors (Lipinski definition) is 5. The van der Waals surface area contributed by atoms with Crippen molar-refractivity contribution in [1.82, 2.24) is 0 Å². The van der Waals surface area contributed by atoms with Crippen LogP contribution in [0.15, 0.2) is 57.7 Å². The Balaban J connectivity index is 1.74.